The number of aryl methyl sites for hydroxylation is 1. The minimum absolute atomic E-state index is 0.0678. The fourth-order valence-electron chi connectivity index (χ4n) is 3.24. The van der Waals surface area contributed by atoms with E-state index in [1.165, 1.54) is 18.2 Å². The van der Waals surface area contributed by atoms with E-state index >= 15 is 0 Å². The molecule has 0 saturated carbocycles. The lowest BCUT2D eigenvalue weighted by Crippen LogP contribution is -2.24. The van der Waals surface area contributed by atoms with Crippen LogP contribution in [0.25, 0.3) is 28.0 Å². The van der Waals surface area contributed by atoms with Gasteiger partial charge in [-0.05, 0) is 48.5 Å². The minimum atomic E-state index is -4.67. The van der Waals surface area contributed by atoms with E-state index in [2.05, 4.69) is 4.98 Å². The molecule has 0 radical (unpaired) electrons. The van der Waals surface area contributed by atoms with Gasteiger partial charge in [0.2, 0.25) is 0 Å². The Morgan fingerprint density at radius 3 is 2.34 bits per heavy atom. The SMILES string of the molecule is Cn1cccc1-c1c(N)c2ccc(C(F)(F)F)nc2n(-c2ccc(Cl)cc2)c1=O. The van der Waals surface area contributed by atoms with Crippen molar-refractivity contribution in [3.63, 3.8) is 0 Å². The van der Waals surface area contributed by atoms with Gasteiger partial charge in [0.1, 0.15) is 11.3 Å². The summed E-state index contributed by atoms with van der Waals surface area (Å²) in [4.78, 5) is 17.1. The standard InChI is InChI=1S/C20H14ClF3N4O/c1-27-10-2-3-14(27)16-17(25)13-8-9-15(20(22,23)24)26-18(13)28(19(16)29)12-6-4-11(21)5-7-12/h2-10H,25H2,1H3. The molecule has 29 heavy (non-hydrogen) atoms. The average molecular weight is 419 g/mol. The van der Waals surface area contributed by atoms with Crippen LogP contribution in [0.2, 0.25) is 5.02 Å². The van der Waals surface area contributed by atoms with E-state index in [4.69, 9.17) is 17.3 Å². The van der Waals surface area contributed by atoms with Gasteiger partial charge in [0, 0.05) is 23.7 Å². The van der Waals surface area contributed by atoms with E-state index in [-0.39, 0.29) is 22.3 Å². The molecule has 0 saturated heterocycles. The maximum absolute atomic E-state index is 13.4. The van der Waals surface area contributed by atoms with Crippen LogP contribution in [-0.4, -0.2) is 14.1 Å². The average Bonchev–Trinajstić information content (AvgIpc) is 3.08. The molecule has 148 valence electrons. The van der Waals surface area contributed by atoms with Crippen molar-refractivity contribution >= 4 is 28.3 Å². The molecule has 0 spiro atoms. The second-order valence-corrected chi connectivity index (χ2v) is 6.91. The van der Waals surface area contributed by atoms with Crippen LogP contribution < -0.4 is 11.3 Å². The summed E-state index contributed by atoms with van der Waals surface area (Å²) < 4.78 is 42.6. The molecule has 9 heteroatoms. The van der Waals surface area contributed by atoms with Crippen LogP contribution in [0.3, 0.4) is 0 Å². The number of pyridine rings is 2. The van der Waals surface area contributed by atoms with Crippen molar-refractivity contribution < 1.29 is 13.2 Å². The van der Waals surface area contributed by atoms with Crippen LogP contribution in [-0.2, 0) is 13.2 Å². The molecule has 0 atom stereocenters. The molecule has 4 rings (SSSR count). The maximum atomic E-state index is 13.4. The van der Waals surface area contributed by atoms with E-state index in [1.54, 1.807) is 42.1 Å². The summed E-state index contributed by atoms with van der Waals surface area (Å²) in [6, 6.07) is 11.7. The molecule has 4 aromatic rings. The highest BCUT2D eigenvalue weighted by atomic mass is 35.5. The molecule has 0 aliphatic rings. The number of fused-ring (bicyclic) bond motifs is 1. The number of nitrogen functional groups attached to an aromatic ring is 1. The molecule has 3 heterocycles. The van der Waals surface area contributed by atoms with E-state index in [0.717, 1.165) is 10.6 Å². The largest absolute Gasteiger partial charge is 0.433 e. The van der Waals surface area contributed by atoms with Crippen LogP contribution in [0.4, 0.5) is 18.9 Å². The lowest BCUT2D eigenvalue weighted by Gasteiger charge is -2.17. The Morgan fingerprint density at radius 2 is 1.76 bits per heavy atom. The van der Waals surface area contributed by atoms with Crippen molar-refractivity contribution in [3.05, 3.63) is 75.8 Å². The van der Waals surface area contributed by atoms with Crippen LogP contribution in [0.1, 0.15) is 5.69 Å². The van der Waals surface area contributed by atoms with Crippen LogP contribution in [0.5, 0.6) is 0 Å². The highest BCUT2D eigenvalue weighted by molar-refractivity contribution is 6.30. The van der Waals surface area contributed by atoms with E-state index < -0.39 is 17.4 Å². The maximum Gasteiger partial charge on any atom is 0.433 e. The number of nitrogens with two attached hydrogens (primary N) is 1. The normalized spacial score (nSPS) is 11.9. The van der Waals surface area contributed by atoms with Crippen LogP contribution in [0.15, 0.2) is 59.5 Å². The number of nitrogens with zero attached hydrogens (tertiary/aromatic N) is 3. The number of alkyl halides is 3. The van der Waals surface area contributed by atoms with Crippen molar-refractivity contribution in [3.8, 4) is 16.9 Å². The summed E-state index contributed by atoms with van der Waals surface area (Å²) in [5.41, 5.74) is 5.49. The Balaban J connectivity index is 2.17. The second kappa shape index (κ2) is 6.66. The molecule has 0 fully saturated rings. The van der Waals surface area contributed by atoms with Crippen LogP contribution in [0, 0.1) is 0 Å². The van der Waals surface area contributed by atoms with Crippen molar-refractivity contribution in [2.24, 2.45) is 7.05 Å². The summed E-state index contributed by atoms with van der Waals surface area (Å²) in [5.74, 6) is 0. The van der Waals surface area contributed by atoms with Crippen molar-refractivity contribution in [2.45, 2.75) is 6.18 Å². The zero-order valence-electron chi connectivity index (χ0n) is 15.0. The molecule has 2 N–H and O–H groups in total. The van der Waals surface area contributed by atoms with Gasteiger partial charge in [0.25, 0.3) is 5.56 Å². The van der Waals surface area contributed by atoms with Gasteiger partial charge in [-0.15, -0.1) is 0 Å². The zero-order valence-corrected chi connectivity index (χ0v) is 15.8. The quantitative estimate of drug-likeness (QED) is 0.515. The fraction of sp³-hybridized carbons (Fsp3) is 0.100. The number of benzene rings is 1. The number of anilines is 1. The number of halogens is 4. The van der Waals surface area contributed by atoms with Crippen molar-refractivity contribution in [1.82, 2.24) is 14.1 Å². The monoisotopic (exact) mass is 418 g/mol. The number of hydrogen-bond donors (Lipinski definition) is 1. The first-order valence-corrected chi connectivity index (χ1v) is 8.86. The van der Waals surface area contributed by atoms with Gasteiger partial charge in [0.05, 0.1) is 22.6 Å². The molecule has 0 bridgehead atoms. The highest BCUT2D eigenvalue weighted by Gasteiger charge is 2.33. The Hall–Kier alpha value is -3.26. The summed E-state index contributed by atoms with van der Waals surface area (Å²) in [6.45, 7) is 0. The molecule has 3 aromatic heterocycles. The third-order valence-corrected chi connectivity index (χ3v) is 4.89. The third kappa shape index (κ3) is 3.15. The molecule has 5 nitrogen and oxygen atoms in total. The lowest BCUT2D eigenvalue weighted by atomic mass is 10.1. The van der Waals surface area contributed by atoms with Crippen molar-refractivity contribution in [2.75, 3.05) is 5.73 Å². The lowest BCUT2D eigenvalue weighted by molar-refractivity contribution is -0.141. The molecule has 0 amide bonds. The molecule has 0 aliphatic heterocycles. The van der Waals surface area contributed by atoms with Gasteiger partial charge in [-0.1, -0.05) is 11.6 Å². The number of hydrogen-bond acceptors (Lipinski definition) is 3. The Bertz CT molecular complexity index is 1290. The van der Waals surface area contributed by atoms with Gasteiger partial charge in [-0.3, -0.25) is 9.36 Å². The van der Waals surface area contributed by atoms with E-state index in [9.17, 15) is 18.0 Å². The first-order valence-electron chi connectivity index (χ1n) is 8.48. The van der Waals surface area contributed by atoms with Gasteiger partial charge < -0.3 is 10.3 Å². The van der Waals surface area contributed by atoms with Crippen LogP contribution >= 0.6 is 11.6 Å². The molecular weight excluding hydrogens is 405 g/mol. The van der Waals surface area contributed by atoms with Gasteiger partial charge in [0.15, 0.2) is 0 Å². The smallest absolute Gasteiger partial charge is 0.397 e. The molecule has 0 unspecified atom stereocenters. The molecule has 0 aliphatic carbocycles. The van der Waals surface area contributed by atoms with Gasteiger partial charge >= 0.3 is 6.18 Å². The third-order valence-electron chi connectivity index (χ3n) is 4.64. The Kier molecular flexibility index (Phi) is 4.38. The molecule has 1 aromatic carbocycles. The Labute approximate surface area is 167 Å². The summed E-state index contributed by atoms with van der Waals surface area (Å²) >= 11 is 5.93. The number of aromatic nitrogens is 3. The first kappa shape index (κ1) is 19.1. The van der Waals surface area contributed by atoms with Gasteiger partial charge in [-0.25, -0.2) is 4.98 Å². The van der Waals surface area contributed by atoms with Crippen molar-refractivity contribution in [1.29, 1.82) is 0 Å². The van der Waals surface area contributed by atoms with E-state index in [0.29, 0.717) is 16.4 Å². The zero-order chi connectivity index (χ0) is 20.9. The predicted octanol–water partition coefficient (Wildman–Crippen LogP) is 4.65. The summed E-state index contributed by atoms with van der Waals surface area (Å²) in [7, 11) is 1.75. The first-order chi connectivity index (χ1) is 13.7. The summed E-state index contributed by atoms with van der Waals surface area (Å²) in [5, 5.41) is 0.664. The number of rotatable bonds is 2. The fourth-order valence-corrected chi connectivity index (χ4v) is 3.37. The van der Waals surface area contributed by atoms with Gasteiger partial charge in [-0.2, -0.15) is 13.2 Å². The summed E-state index contributed by atoms with van der Waals surface area (Å²) in [6.07, 6.45) is -2.92. The minimum Gasteiger partial charge on any atom is -0.397 e. The predicted molar refractivity (Wildman–Crippen MR) is 106 cm³/mol. The highest BCUT2D eigenvalue weighted by Crippen LogP contribution is 2.34. The van der Waals surface area contributed by atoms with E-state index in [1.807, 2.05) is 0 Å². The topological polar surface area (TPSA) is 65.8 Å². The second-order valence-electron chi connectivity index (χ2n) is 6.48. The Morgan fingerprint density at radius 1 is 1.07 bits per heavy atom. The molecular formula is C20H14ClF3N4O.